The van der Waals surface area contributed by atoms with Crippen LogP contribution < -0.4 is 10.2 Å². The fourth-order valence-corrected chi connectivity index (χ4v) is 1.24. The van der Waals surface area contributed by atoms with Gasteiger partial charge in [-0.3, -0.25) is 0 Å². The minimum absolute atomic E-state index is 0.532. The van der Waals surface area contributed by atoms with E-state index in [0.717, 1.165) is 11.4 Å². The molecule has 3 heteroatoms. The molecule has 0 fully saturated rings. The van der Waals surface area contributed by atoms with E-state index >= 15 is 0 Å². The SMILES string of the molecule is C#CCCOc1ccc(C)cc1[NH2+]OC.CC. The monoisotopic (exact) mass is 236 g/mol. The number of quaternary nitrogens is 1. The van der Waals surface area contributed by atoms with Crippen LogP contribution in [0.3, 0.4) is 0 Å². The standard InChI is InChI=1S/C12H15NO2.C2H6/c1-4-5-8-15-12-7-6-10(2)9-11(12)13-14-3;1-2/h1,6-7,9,13H,5,8H2,2-3H3;1-2H3/p+1. The van der Waals surface area contributed by atoms with E-state index in [0.29, 0.717) is 13.0 Å². The van der Waals surface area contributed by atoms with Crippen molar-refractivity contribution in [2.24, 2.45) is 0 Å². The Labute approximate surface area is 104 Å². The predicted octanol–water partition coefficient (Wildman–Crippen LogP) is 2.18. The van der Waals surface area contributed by atoms with E-state index < -0.39 is 0 Å². The number of nitrogens with two attached hydrogens (primary N) is 1. The molecule has 0 amide bonds. The molecule has 0 aliphatic rings. The second-order valence-electron chi connectivity index (χ2n) is 3.20. The van der Waals surface area contributed by atoms with Gasteiger partial charge in [0.25, 0.3) is 0 Å². The van der Waals surface area contributed by atoms with Gasteiger partial charge in [-0.15, -0.1) is 12.3 Å². The molecule has 0 aliphatic carbocycles. The third-order valence-electron chi connectivity index (χ3n) is 1.91. The zero-order valence-electron chi connectivity index (χ0n) is 11.1. The zero-order chi connectivity index (χ0) is 13.1. The van der Waals surface area contributed by atoms with Crippen molar-refractivity contribution in [2.45, 2.75) is 27.2 Å². The average molecular weight is 236 g/mol. The first kappa shape index (κ1) is 15.5. The van der Waals surface area contributed by atoms with E-state index in [-0.39, 0.29) is 0 Å². The summed E-state index contributed by atoms with van der Waals surface area (Å²) in [7, 11) is 1.62. The molecule has 1 aromatic carbocycles. The van der Waals surface area contributed by atoms with Crippen molar-refractivity contribution < 1.29 is 15.1 Å². The smallest absolute Gasteiger partial charge is 0.204 e. The summed E-state index contributed by atoms with van der Waals surface area (Å²) in [6, 6.07) is 5.93. The molecule has 0 aromatic heterocycles. The molecule has 0 unspecified atom stereocenters. The zero-order valence-corrected chi connectivity index (χ0v) is 11.1. The topological polar surface area (TPSA) is 35.1 Å². The largest absolute Gasteiger partial charge is 0.486 e. The first-order chi connectivity index (χ1) is 8.27. The second-order valence-corrected chi connectivity index (χ2v) is 3.20. The van der Waals surface area contributed by atoms with E-state index in [1.165, 1.54) is 5.56 Å². The van der Waals surface area contributed by atoms with Crippen LogP contribution in [0.5, 0.6) is 5.75 Å². The molecule has 1 aromatic rings. The van der Waals surface area contributed by atoms with E-state index in [9.17, 15) is 0 Å². The highest BCUT2D eigenvalue weighted by Crippen LogP contribution is 2.21. The Balaban J connectivity index is 0.00000121. The Kier molecular flexibility index (Phi) is 8.85. The molecule has 1 rings (SSSR count). The highest BCUT2D eigenvalue weighted by Gasteiger charge is 2.07. The van der Waals surface area contributed by atoms with Gasteiger partial charge in [0.1, 0.15) is 0 Å². The maximum atomic E-state index is 5.53. The Morgan fingerprint density at radius 3 is 2.65 bits per heavy atom. The van der Waals surface area contributed by atoms with E-state index in [4.69, 9.17) is 16.0 Å². The maximum Gasteiger partial charge on any atom is 0.204 e. The summed E-state index contributed by atoms with van der Waals surface area (Å²) in [5.41, 5.74) is 3.77. The van der Waals surface area contributed by atoms with E-state index in [1.54, 1.807) is 12.6 Å². The lowest BCUT2D eigenvalue weighted by Gasteiger charge is -2.07. The molecule has 0 radical (unpaired) electrons. The molecule has 94 valence electrons. The van der Waals surface area contributed by atoms with Gasteiger partial charge in [0.05, 0.1) is 13.7 Å². The van der Waals surface area contributed by atoms with Crippen LogP contribution in [0.1, 0.15) is 25.8 Å². The molecule has 2 N–H and O–H groups in total. The van der Waals surface area contributed by atoms with Crippen LogP contribution in [0.25, 0.3) is 0 Å². The third-order valence-corrected chi connectivity index (χ3v) is 1.91. The van der Waals surface area contributed by atoms with Crippen LogP contribution in [0.2, 0.25) is 0 Å². The highest BCUT2D eigenvalue weighted by molar-refractivity contribution is 5.47. The minimum atomic E-state index is 0.532. The van der Waals surface area contributed by atoms with Gasteiger partial charge in [0.15, 0.2) is 5.75 Å². The Morgan fingerprint density at radius 2 is 2.06 bits per heavy atom. The van der Waals surface area contributed by atoms with Gasteiger partial charge in [-0.2, -0.15) is 5.48 Å². The Morgan fingerprint density at radius 1 is 1.35 bits per heavy atom. The fraction of sp³-hybridized carbons (Fsp3) is 0.429. The predicted molar refractivity (Wildman–Crippen MR) is 70.1 cm³/mol. The molecule has 0 heterocycles. The lowest BCUT2D eigenvalue weighted by Crippen LogP contribution is -2.76. The number of ether oxygens (including phenoxy) is 1. The van der Waals surface area contributed by atoms with Crippen molar-refractivity contribution in [1.29, 1.82) is 0 Å². The molecule has 0 saturated heterocycles. The number of hydrogen-bond acceptors (Lipinski definition) is 2. The fourth-order valence-electron chi connectivity index (χ4n) is 1.24. The number of rotatable bonds is 5. The average Bonchev–Trinajstić information content (AvgIpc) is 2.35. The normalized spacial score (nSPS) is 8.88. The number of benzene rings is 1. The van der Waals surface area contributed by atoms with Crippen LogP contribution in [0.4, 0.5) is 5.69 Å². The van der Waals surface area contributed by atoms with E-state index in [1.807, 2.05) is 39.0 Å². The van der Waals surface area contributed by atoms with Gasteiger partial charge in [-0.25, -0.2) is 4.84 Å². The molecular formula is C14H22NO2+. The first-order valence-corrected chi connectivity index (χ1v) is 5.81. The van der Waals surface area contributed by atoms with Gasteiger partial charge in [0, 0.05) is 12.5 Å². The number of aryl methyl sites for hydroxylation is 1. The van der Waals surface area contributed by atoms with Crippen molar-refractivity contribution in [1.82, 2.24) is 0 Å². The van der Waals surface area contributed by atoms with Crippen LogP contribution in [-0.2, 0) is 4.84 Å². The quantitative estimate of drug-likeness (QED) is 0.368. The van der Waals surface area contributed by atoms with Crippen molar-refractivity contribution in [3.8, 4) is 18.1 Å². The minimum Gasteiger partial charge on any atom is -0.486 e. The lowest BCUT2D eigenvalue weighted by atomic mass is 10.2. The van der Waals surface area contributed by atoms with Crippen LogP contribution in [-0.4, -0.2) is 13.7 Å². The summed E-state index contributed by atoms with van der Waals surface area (Å²) in [4.78, 5) is 4.98. The van der Waals surface area contributed by atoms with Crippen molar-refractivity contribution in [2.75, 3.05) is 13.7 Å². The molecule has 0 atom stereocenters. The summed E-state index contributed by atoms with van der Waals surface area (Å²) in [6.07, 6.45) is 5.76. The first-order valence-electron chi connectivity index (χ1n) is 5.81. The second kappa shape index (κ2) is 9.71. The van der Waals surface area contributed by atoms with Gasteiger partial charge >= 0.3 is 0 Å². The summed E-state index contributed by atoms with van der Waals surface area (Å²) in [5.74, 6) is 3.34. The summed E-state index contributed by atoms with van der Waals surface area (Å²) < 4.78 is 5.53. The van der Waals surface area contributed by atoms with Crippen LogP contribution in [0, 0.1) is 19.3 Å². The van der Waals surface area contributed by atoms with Crippen molar-refractivity contribution in [3.63, 3.8) is 0 Å². The Hall–Kier alpha value is -1.50. The maximum absolute atomic E-state index is 5.53. The van der Waals surface area contributed by atoms with Gasteiger partial charge < -0.3 is 4.74 Å². The van der Waals surface area contributed by atoms with Gasteiger partial charge in [0.2, 0.25) is 5.69 Å². The Bertz CT molecular complexity index is 356. The molecule has 0 aliphatic heterocycles. The molecule has 0 spiro atoms. The van der Waals surface area contributed by atoms with Crippen LogP contribution >= 0.6 is 0 Å². The van der Waals surface area contributed by atoms with Crippen molar-refractivity contribution in [3.05, 3.63) is 23.8 Å². The van der Waals surface area contributed by atoms with Gasteiger partial charge in [-0.05, 0) is 18.6 Å². The molecule has 0 bridgehead atoms. The molecule has 3 nitrogen and oxygen atoms in total. The molecular weight excluding hydrogens is 214 g/mol. The third kappa shape index (κ3) is 5.96. The van der Waals surface area contributed by atoms with E-state index in [2.05, 4.69) is 5.92 Å². The van der Waals surface area contributed by atoms with Crippen LogP contribution in [0.15, 0.2) is 18.2 Å². The summed E-state index contributed by atoms with van der Waals surface area (Å²) in [5, 5.41) is 0. The van der Waals surface area contributed by atoms with Crippen molar-refractivity contribution >= 4 is 5.69 Å². The number of terminal acetylenes is 1. The molecule has 0 saturated carbocycles. The summed E-state index contributed by atoms with van der Waals surface area (Å²) in [6.45, 7) is 6.56. The molecule has 17 heavy (non-hydrogen) atoms. The van der Waals surface area contributed by atoms with Gasteiger partial charge in [-0.1, -0.05) is 19.9 Å². The highest BCUT2D eigenvalue weighted by atomic mass is 16.6. The summed E-state index contributed by atoms with van der Waals surface area (Å²) >= 11 is 0. The number of hydrogen-bond donors (Lipinski definition) is 1. The lowest BCUT2D eigenvalue weighted by molar-refractivity contribution is -0.830.